The summed E-state index contributed by atoms with van der Waals surface area (Å²) in [5, 5.41) is 0. The fraction of sp³-hybridized carbons (Fsp3) is 0.814. The molecule has 0 amide bonds. The van der Waals surface area contributed by atoms with Crippen LogP contribution in [0.1, 0.15) is 196 Å². The lowest BCUT2D eigenvalue weighted by atomic mass is 10.0. The third kappa shape index (κ3) is 92.2. The van der Waals surface area contributed by atoms with Crippen molar-refractivity contribution in [3.05, 3.63) is 34.9 Å². The van der Waals surface area contributed by atoms with Gasteiger partial charge < -0.3 is 9.64 Å². The molecule has 1 unspecified atom stereocenters. The van der Waals surface area contributed by atoms with E-state index in [9.17, 15) is 0 Å². The van der Waals surface area contributed by atoms with Crippen molar-refractivity contribution >= 4 is 0 Å². The zero-order chi connectivity index (χ0) is 34.0. The predicted octanol–water partition coefficient (Wildman–Crippen LogP) is 15.4. The summed E-state index contributed by atoms with van der Waals surface area (Å²) in [5.41, 5.74) is 4.60. The summed E-state index contributed by atoms with van der Waals surface area (Å²) < 4.78 is 4.69. The van der Waals surface area contributed by atoms with E-state index < -0.39 is 0 Å². The van der Waals surface area contributed by atoms with Crippen LogP contribution >= 0.6 is 0 Å². The number of hydrogen-bond acceptors (Lipinski definition) is 2. The lowest BCUT2D eigenvalue weighted by Gasteiger charge is -2.05. The van der Waals surface area contributed by atoms with Gasteiger partial charge in [-0.25, -0.2) is 0 Å². The van der Waals surface area contributed by atoms with Gasteiger partial charge in [0.25, 0.3) is 0 Å². The Balaban J connectivity index is -0.0000000476. The average molecular weight is 642 g/mol. The maximum Gasteiger partial charge on any atom is 0.0459 e. The van der Waals surface area contributed by atoms with E-state index in [0.29, 0.717) is 0 Å². The SMILES string of the molecule is C.C.C.CC.CC#CCCC.CC1=CC(C)CC1.CC1=CC=C(C)CC1.CCCC.CCCC.CCCN(C)C.CCCOC. The molecule has 0 saturated heterocycles. The molecule has 2 rings (SSSR count). The van der Waals surface area contributed by atoms with Crippen LogP contribution in [0.2, 0.25) is 0 Å². The lowest BCUT2D eigenvalue weighted by molar-refractivity contribution is 0.199. The normalized spacial score (nSPS) is 12.8. The summed E-state index contributed by atoms with van der Waals surface area (Å²) in [6, 6.07) is 0. The van der Waals surface area contributed by atoms with E-state index in [1.54, 1.807) is 12.7 Å². The van der Waals surface area contributed by atoms with Crippen molar-refractivity contribution in [2.75, 3.05) is 34.4 Å². The van der Waals surface area contributed by atoms with Gasteiger partial charge in [0, 0.05) is 20.1 Å². The topological polar surface area (TPSA) is 12.5 Å². The molecule has 45 heavy (non-hydrogen) atoms. The van der Waals surface area contributed by atoms with E-state index in [0.717, 1.165) is 25.4 Å². The Morgan fingerprint density at radius 1 is 0.689 bits per heavy atom. The van der Waals surface area contributed by atoms with Crippen LogP contribution in [0.25, 0.3) is 0 Å². The first-order valence-electron chi connectivity index (χ1n) is 17.5. The first kappa shape index (κ1) is 66.2. The van der Waals surface area contributed by atoms with Gasteiger partial charge in [0.1, 0.15) is 0 Å². The van der Waals surface area contributed by atoms with Gasteiger partial charge in [-0.3, -0.25) is 0 Å². The smallest absolute Gasteiger partial charge is 0.0459 e. The van der Waals surface area contributed by atoms with Gasteiger partial charge in [0.2, 0.25) is 0 Å². The molecular weight excluding hydrogens is 546 g/mol. The van der Waals surface area contributed by atoms with Crippen LogP contribution in [0.4, 0.5) is 0 Å². The number of methoxy groups -OCH3 is 1. The van der Waals surface area contributed by atoms with Crippen molar-refractivity contribution in [1.29, 1.82) is 0 Å². The molecule has 0 aromatic rings. The summed E-state index contributed by atoms with van der Waals surface area (Å²) in [7, 11) is 5.89. The lowest BCUT2D eigenvalue weighted by Crippen LogP contribution is -2.11. The molecule has 0 aliphatic heterocycles. The highest BCUT2D eigenvalue weighted by atomic mass is 16.5. The fourth-order valence-electron chi connectivity index (χ4n) is 2.85. The highest BCUT2D eigenvalue weighted by molar-refractivity contribution is 5.20. The third-order valence-corrected chi connectivity index (χ3v) is 5.76. The van der Waals surface area contributed by atoms with Gasteiger partial charge in [-0.05, 0) is 99.2 Å². The highest BCUT2D eigenvalue weighted by Gasteiger charge is 2.05. The van der Waals surface area contributed by atoms with E-state index in [1.165, 1.54) is 81.9 Å². The van der Waals surface area contributed by atoms with Crippen LogP contribution in [-0.2, 0) is 4.74 Å². The van der Waals surface area contributed by atoms with E-state index in [-0.39, 0.29) is 22.3 Å². The molecule has 0 bridgehead atoms. The van der Waals surface area contributed by atoms with Gasteiger partial charge in [0.05, 0.1) is 0 Å². The predicted molar refractivity (Wildman–Crippen MR) is 221 cm³/mol. The molecule has 0 saturated carbocycles. The summed E-state index contributed by atoms with van der Waals surface area (Å²) in [4.78, 5) is 2.18. The Hall–Kier alpha value is -1.30. The number of hydrogen-bond donors (Lipinski definition) is 0. The van der Waals surface area contributed by atoms with Crippen molar-refractivity contribution < 1.29 is 4.74 Å². The van der Waals surface area contributed by atoms with Crippen LogP contribution in [0, 0.1) is 17.8 Å². The largest absolute Gasteiger partial charge is 0.385 e. The molecule has 2 aliphatic rings. The van der Waals surface area contributed by atoms with Gasteiger partial charge in [-0.15, -0.1) is 11.8 Å². The first-order valence-corrected chi connectivity index (χ1v) is 17.5. The maximum atomic E-state index is 4.69. The number of ether oxygens (including phenoxy) is 1. The molecule has 2 nitrogen and oxygen atoms in total. The molecule has 0 aromatic carbocycles. The molecule has 0 N–H and O–H groups in total. The van der Waals surface area contributed by atoms with Crippen LogP contribution in [-0.4, -0.2) is 39.3 Å². The Bertz CT molecular complexity index is 573. The molecule has 0 fully saturated rings. The zero-order valence-electron chi connectivity index (χ0n) is 32.6. The minimum Gasteiger partial charge on any atom is -0.385 e. The van der Waals surface area contributed by atoms with Gasteiger partial charge in [-0.1, -0.05) is 152 Å². The summed E-state index contributed by atoms with van der Waals surface area (Å²) in [6.07, 6.45) is 21.9. The van der Waals surface area contributed by atoms with E-state index in [4.69, 9.17) is 4.74 Å². The third-order valence-electron chi connectivity index (χ3n) is 5.76. The van der Waals surface area contributed by atoms with Crippen LogP contribution in [0.15, 0.2) is 34.9 Å². The fourth-order valence-corrected chi connectivity index (χ4v) is 2.85. The molecular formula is C43H95NO. The standard InChI is InChI=1S/C8H12.C7H12.C6H10.C5H13N.C4H10O.2C4H10.C2H6.3CH4/c1-7-3-5-8(2)6-4-7;1-6-3-4-7(2)5-6;1-3-5-6-4-2;1-4-5-6(2)3;1-3-4-5-2;2*1-3-4-2;1-2;;;/h3,5H,4,6H2,1-2H3;5-6H,3-4H2,1-2H3;3,5H2,1-2H3;4-5H2,1-3H3;3-4H2,1-2H3;2*3-4H2,1-2H3;1-2H3;3*1H4. The zero-order valence-corrected chi connectivity index (χ0v) is 32.6. The van der Waals surface area contributed by atoms with E-state index >= 15 is 0 Å². The first-order chi connectivity index (χ1) is 20.0. The quantitative estimate of drug-likeness (QED) is 0.202. The van der Waals surface area contributed by atoms with E-state index in [2.05, 4.69) is 125 Å². The minimum atomic E-state index is 0. The number of rotatable bonds is 7. The second-order valence-electron chi connectivity index (χ2n) is 11.0. The van der Waals surface area contributed by atoms with E-state index in [1.807, 2.05) is 20.8 Å². The second-order valence-corrected chi connectivity index (χ2v) is 11.0. The average Bonchev–Trinajstić information content (AvgIpc) is 3.38. The number of allylic oxidation sites excluding steroid dienone is 6. The molecule has 0 heterocycles. The second kappa shape index (κ2) is 65.4. The van der Waals surface area contributed by atoms with Crippen molar-refractivity contribution in [1.82, 2.24) is 4.90 Å². The van der Waals surface area contributed by atoms with Crippen molar-refractivity contribution in [3.8, 4) is 11.8 Å². The van der Waals surface area contributed by atoms with Crippen LogP contribution in [0.5, 0.6) is 0 Å². The molecule has 278 valence electrons. The molecule has 0 spiro atoms. The van der Waals surface area contributed by atoms with Gasteiger partial charge in [0.15, 0.2) is 0 Å². The Morgan fingerprint density at radius 2 is 1.11 bits per heavy atom. The van der Waals surface area contributed by atoms with Crippen LogP contribution in [0.3, 0.4) is 0 Å². The maximum absolute atomic E-state index is 4.69. The van der Waals surface area contributed by atoms with Crippen molar-refractivity contribution in [3.63, 3.8) is 0 Å². The summed E-state index contributed by atoms with van der Waals surface area (Å²) in [6.45, 7) is 31.9. The molecule has 2 aliphatic carbocycles. The van der Waals surface area contributed by atoms with Crippen LogP contribution < -0.4 is 0 Å². The molecule has 2 heteroatoms. The van der Waals surface area contributed by atoms with Crippen molar-refractivity contribution in [2.24, 2.45) is 5.92 Å². The summed E-state index contributed by atoms with van der Waals surface area (Å²) >= 11 is 0. The van der Waals surface area contributed by atoms with Gasteiger partial charge in [-0.2, -0.15) is 0 Å². The molecule has 0 aromatic heterocycles. The molecule has 0 radical (unpaired) electrons. The van der Waals surface area contributed by atoms with Gasteiger partial charge >= 0.3 is 0 Å². The minimum absolute atomic E-state index is 0. The highest BCUT2D eigenvalue weighted by Crippen LogP contribution is 2.21. The Labute approximate surface area is 292 Å². The Morgan fingerprint density at radius 3 is 1.20 bits per heavy atom. The molecule has 1 atom stereocenters. The summed E-state index contributed by atoms with van der Waals surface area (Å²) in [5.74, 6) is 6.63. The van der Waals surface area contributed by atoms with Crippen molar-refractivity contribution in [2.45, 2.75) is 196 Å². The Kier molecular flexibility index (Phi) is 96.1. The number of unbranched alkanes of at least 4 members (excludes halogenated alkanes) is 3. The number of nitrogens with zero attached hydrogens (tertiary/aromatic N) is 1. The monoisotopic (exact) mass is 642 g/mol.